The highest BCUT2D eigenvalue weighted by Crippen LogP contribution is 2.66. The van der Waals surface area contributed by atoms with Crippen molar-refractivity contribution in [1.29, 1.82) is 0 Å². The highest BCUT2D eigenvalue weighted by Gasteiger charge is 2.54. The van der Waals surface area contributed by atoms with Crippen LogP contribution < -0.4 is 9.80 Å². The first-order chi connectivity index (χ1) is 33.8. The van der Waals surface area contributed by atoms with Gasteiger partial charge in [0, 0.05) is 28.0 Å². The standard InChI is InChI=1S/C66H42N2/c1-3-21-44(22-4-1)65-58-33-15-16-34-62(58)68(45-23-5-2-6-24-45)63-36-18-29-54(64(63)65)53-40-38-46(41-59(53)65)67(61-35-17-20-43-19-7-8-25-48(43)61)47-37-39-52-51-28-11-14-32-57(51)66(60(52)42-47)55-30-12-9-26-49(55)50-27-10-13-31-56(50)66/h1-42H. The molecule has 316 valence electrons. The van der Waals surface area contributed by atoms with Gasteiger partial charge in [-0.25, -0.2) is 0 Å². The monoisotopic (exact) mass is 862 g/mol. The second-order valence-corrected chi connectivity index (χ2v) is 18.7. The van der Waals surface area contributed by atoms with Crippen molar-refractivity contribution in [3.05, 3.63) is 299 Å². The topological polar surface area (TPSA) is 6.48 Å². The van der Waals surface area contributed by atoms with Crippen molar-refractivity contribution in [3.8, 4) is 33.4 Å². The first-order valence-electron chi connectivity index (χ1n) is 23.8. The van der Waals surface area contributed by atoms with Crippen LogP contribution in [0.25, 0.3) is 44.2 Å². The summed E-state index contributed by atoms with van der Waals surface area (Å²) in [5.74, 6) is 0. The number of rotatable bonds is 5. The molecule has 68 heavy (non-hydrogen) atoms. The molecule has 0 N–H and O–H groups in total. The molecule has 0 radical (unpaired) electrons. The van der Waals surface area contributed by atoms with Crippen LogP contribution in [0.15, 0.2) is 255 Å². The molecule has 0 saturated heterocycles. The maximum atomic E-state index is 2.54. The number of hydrogen-bond donors (Lipinski definition) is 0. The summed E-state index contributed by atoms with van der Waals surface area (Å²) in [5, 5.41) is 2.41. The molecule has 1 aliphatic heterocycles. The zero-order valence-corrected chi connectivity index (χ0v) is 37.1. The highest BCUT2D eigenvalue weighted by molar-refractivity contribution is 6.03. The van der Waals surface area contributed by atoms with Gasteiger partial charge in [-0.2, -0.15) is 0 Å². The molecule has 1 spiro atoms. The zero-order valence-electron chi connectivity index (χ0n) is 37.1. The van der Waals surface area contributed by atoms with Gasteiger partial charge in [0.25, 0.3) is 0 Å². The van der Waals surface area contributed by atoms with Gasteiger partial charge in [-0.15, -0.1) is 0 Å². The number of hydrogen-bond acceptors (Lipinski definition) is 2. The van der Waals surface area contributed by atoms with Crippen LogP contribution in [0.1, 0.15) is 44.5 Å². The molecule has 11 aromatic carbocycles. The van der Waals surface area contributed by atoms with E-state index in [4.69, 9.17) is 0 Å². The van der Waals surface area contributed by atoms with Gasteiger partial charge in [0.1, 0.15) is 0 Å². The van der Waals surface area contributed by atoms with Crippen molar-refractivity contribution in [2.75, 3.05) is 9.80 Å². The fourth-order valence-corrected chi connectivity index (χ4v) is 13.1. The van der Waals surface area contributed by atoms with Gasteiger partial charge in [-0.1, -0.05) is 200 Å². The van der Waals surface area contributed by atoms with E-state index in [0.29, 0.717) is 0 Å². The summed E-state index contributed by atoms with van der Waals surface area (Å²) in [7, 11) is 0. The van der Waals surface area contributed by atoms with Gasteiger partial charge in [-0.3, -0.25) is 0 Å². The van der Waals surface area contributed by atoms with E-state index in [-0.39, 0.29) is 0 Å². The van der Waals surface area contributed by atoms with Crippen LogP contribution in [0, 0.1) is 0 Å². The highest BCUT2D eigenvalue weighted by atomic mass is 15.2. The van der Waals surface area contributed by atoms with E-state index in [1.54, 1.807) is 0 Å². The number of para-hydroxylation sites is 2. The first-order valence-corrected chi connectivity index (χ1v) is 23.8. The summed E-state index contributed by atoms with van der Waals surface area (Å²) in [6.45, 7) is 0. The maximum Gasteiger partial charge on any atom is 0.0755 e. The predicted molar refractivity (Wildman–Crippen MR) is 280 cm³/mol. The molecule has 2 nitrogen and oxygen atoms in total. The van der Waals surface area contributed by atoms with Gasteiger partial charge in [0.2, 0.25) is 0 Å². The third-order valence-electron chi connectivity index (χ3n) is 15.6. The van der Waals surface area contributed by atoms with E-state index in [1.807, 2.05) is 0 Å². The third-order valence-corrected chi connectivity index (χ3v) is 15.6. The van der Waals surface area contributed by atoms with Crippen molar-refractivity contribution in [2.45, 2.75) is 10.8 Å². The lowest BCUT2D eigenvalue weighted by Gasteiger charge is -2.44. The Morgan fingerprint density at radius 1 is 0.309 bits per heavy atom. The van der Waals surface area contributed by atoms with Crippen LogP contribution in [0.4, 0.5) is 34.1 Å². The average Bonchev–Trinajstić information content (AvgIpc) is 4.00. The number of anilines is 6. The Labute approximate surface area is 396 Å². The van der Waals surface area contributed by atoms with E-state index < -0.39 is 10.8 Å². The molecule has 2 heteroatoms. The molecule has 0 amide bonds. The minimum absolute atomic E-state index is 0.469. The second kappa shape index (κ2) is 13.9. The van der Waals surface area contributed by atoms with Gasteiger partial charge < -0.3 is 9.80 Å². The smallest absolute Gasteiger partial charge is 0.0755 e. The Morgan fingerprint density at radius 2 is 0.779 bits per heavy atom. The van der Waals surface area contributed by atoms with Crippen molar-refractivity contribution in [1.82, 2.24) is 0 Å². The molecular formula is C66H42N2. The summed E-state index contributed by atoms with van der Waals surface area (Å²) >= 11 is 0. The van der Waals surface area contributed by atoms with Crippen LogP contribution in [-0.4, -0.2) is 0 Å². The quantitative estimate of drug-likeness (QED) is 0.170. The van der Waals surface area contributed by atoms with Crippen LogP contribution in [0.2, 0.25) is 0 Å². The fourth-order valence-electron chi connectivity index (χ4n) is 13.1. The summed E-state index contributed by atoms with van der Waals surface area (Å²) in [6.07, 6.45) is 0. The molecule has 4 aliphatic rings. The van der Waals surface area contributed by atoms with Crippen molar-refractivity contribution >= 4 is 44.9 Å². The van der Waals surface area contributed by atoms with E-state index in [9.17, 15) is 0 Å². The first kappa shape index (κ1) is 37.5. The van der Waals surface area contributed by atoms with Gasteiger partial charge in [-0.05, 0) is 132 Å². The molecular weight excluding hydrogens is 821 g/mol. The Hall–Kier alpha value is -8.72. The molecule has 15 rings (SSSR count). The van der Waals surface area contributed by atoms with Crippen LogP contribution in [-0.2, 0) is 10.8 Å². The minimum Gasteiger partial charge on any atom is -0.310 e. The van der Waals surface area contributed by atoms with Gasteiger partial charge in [0.05, 0.1) is 27.9 Å². The van der Waals surface area contributed by atoms with Gasteiger partial charge >= 0.3 is 0 Å². The van der Waals surface area contributed by atoms with Crippen LogP contribution in [0.3, 0.4) is 0 Å². The largest absolute Gasteiger partial charge is 0.310 e. The Kier molecular flexibility index (Phi) is 7.67. The Morgan fingerprint density at radius 3 is 1.46 bits per heavy atom. The molecule has 1 atom stereocenters. The minimum atomic E-state index is -0.592. The maximum absolute atomic E-state index is 2.54. The second-order valence-electron chi connectivity index (χ2n) is 18.7. The lowest BCUT2D eigenvalue weighted by Crippen LogP contribution is -2.36. The van der Waals surface area contributed by atoms with Crippen LogP contribution >= 0.6 is 0 Å². The van der Waals surface area contributed by atoms with E-state index in [0.717, 1.165) is 22.7 Å². The van der Waals surface area contributed by atoms with Crippen molar-refractivity contribution in [2.24, 2.45) is 0 Å². The summed E-state index contributed by atoms with van der Waals surface area (Å²) in [4.78, 5) is 5.02. The lowest BCUT2D eigenvalue weighted by atomic mass is 9.65. The van der Waals surface area contributed by atoms with E-state index in [2.05, 4.69) is 265 Å². The summed E-state index contributed by atoms with van der Waals surface area (Å²) < 4.78 is 0. The molecule has 0 saturated carbocycles. The summed E-state index contributed by atoms with van der Waals surface area (Å²) in [5.41, 5.74) is 24.1. The predicted octanol–water partition coefficient (Wildman–Crippen LogP) is 16.8. The molecule has 11 aromatic rings. The molecule has 1 heterocycles. The van der Waals surface area contributed by atoms with E-state index in [1.165, 1.54) is 100 Å². The van der Waals surface area contributed by atoms with Gasteiger partial charge in [0.15, 0.2) is 0 Å². The number of nitrogens with zero attached hydrogens (tertiary/aromatic N) is 2. The number of benzene rings is 11. The molecule has 0 bridgehead atoms. The van der Waals surface area contributed by atoms with Crippen molar-refractivity contribution < 1.29 is 0 Å². The summed E-state index contributed by atoms with van der Waals surface area (Å²) in [6, 6.07) is 95.6. The Balaban J connectivity index is 1.02. The normalized spacial score (nSPS) is 15.8. The lowest BCUT2D eigenvalue weighted by molar-refractivity contribution is 0.753. The number of fused-ring (bicyclic) bond motifs is 16. The Bertz CT molecular complexity index is 3820. The van der Waals surface area contributed by atoms with Crippen LogP contribution in [0.5, 0.6) is 0 Å². The third kappa shape index (κ3) is 4.71. The fraction of sp³-hybridized carbons (Fsp3) is 0.0303. The molecule has 3 aliphatic carbocycles. The molecule has 0 aromatic heterocycles. The van der Waals surface area contributed by atoms with Crippen molar-refractivity contribution in [3.63, 3.8) is 0 Å². The molecule has 0 fully saturated rings. The van der Waals surface area contributed by atoms with E-state index >= 15 is 0 Å². The zero-order chi connectivity index (χ0) is 44.6. The SMILES string of the molecule is c1ccc(N2c3ccccc3C3(c4ccccc4)c4cc(N(c5ccc6c(c5)C5(c7ccccc7-c7ccccc75)c5ccccc5-6)c5cccc6ccccc56)ccc4-c4cccc2c43)cc1. The average molecular weight is 863 g/mol. The molecule has 1 unspecified atom stereocenters.